The zero-order valence-electron chi connectivity index (χ0n) is 20.1. The van der Waals surface area contributed by atoms with Crippen LogP contribution < -0.4 is 4.90 Å². The van der Waals surface area contributed by atoms with Crippen molar-refractivity contribution in [2.24, 2.45) is 11.3 Å². The molecule has 0 aromatic carbocycles. The monoisotopic (exact) mass is 458 g/mol. The largest absolute Gasteiger partial charge is 0.477 e. The highest BCUT2D eigenvalue weighted by molar-refractivity contribution is 7.15. The molecule has 1 aromatic heterocycles. The number of carbonyl (C=O) groups is 3. The summed E-state index contributed by atoms with van der Waals surface area (Å²) in [5.41, 5.74) is 1.26. The number of amides is 2. The van der Waals surface area contributed by atoms with Gasteiger partial charge in [0.15, 0.2) is 0 Å². The second-order valence-electron chi connectivity index (χ2n) is 9.52. The van der Waals surface area contributed by atoms with E-state index in [1.165, 1.54) is 15.4 Å². The second kappa shape index (κ2) is 10.4. The third-order valence-corrected chi connectivity index (χ3v) is 6.40. The Kier molecular flexibility index (Phi) is 8.30. The Morgan fingerprint density at radius 3 is 2.41 bits per heavy atom. The minimum atomic E-state index is -1.13. The number of carboxylic acid groups (broad SMARTS) is 1. The van der Waals surface area contributed by atoms with Crippen LogP contribution in [0.25, 0.3) is 0 Å². The standard InChI is InChI=1S/C25H34N2O4S/c1-8-19(23(29)26(6)7)27(22(28)17-11-9-16(2)10-12-17)20-15-18(13-14-25(3,4)5)32-21(20)24(30)31/h9,15,17,19H,8,10-12H2,1-7H3,(H,30,31)/t17?,19-/m0/s1. The first-order chi connectivity index (χ1) is 14.9. The maximum atomic E-state index is 13.7. The van der Waals surface area contributed by atoms with Gasteiger partial charge >= 0.3 is 5.97 Å². The minimum Gasteiger partial charge on any atom is -0.477 e. The molecule has 1 unspecified atom stereocenters. The van der Waals surface area contributed by atoms with Crippen LogP contribution in [0.15, 0.2) is 17.7 Å². The Labute approximate surface area is 195 Å². The number of hydrogen-bond acceptors (Lipinski definition) is 4. The van der Waals surface area contributed by atoms with Crippen molar-refractivity contribution in [2.75, 3.05) is 19.0 Å². The van der Waals surface area contributed by atoms with E-state index in [-0.39, 0.29) is 33.7 Å². The van der Waals surface area contributed by atoms with Gasteiger partial charge in [0.05, 0.1) is 10.6 Å². The SMILES string of the molecule is CC[C@@H](C(=O)N(C)C)N(C(=O)C1CC=C(C)CC1)c1cc(C#CC(C)(C)C)sc1C(=O)O. The molecule has 2 amide bonds. The third kappa shape index (κ3) is 6.23. The molecule has 1 N–H and O–H groups in total. The number of aromatic carboxylic acids is 1. The number of anilines is 1. The van der Waals surface area contributed by atoms with Crippen molar-refractivity contribution in [3.05, 3.63) is 27.5 Å². The molecule has 2 rings (SSSR count). The molecule has 1 heterocycles. The summed E-state index contributed by atoms with van der Waals surface area (Å²) in [6, 6.07) is 0.876. The molecule has 0 spiro atoms. The molecule has 174 valence electrons. The second-order valence-corrected chi connectivity index (χ2v) is 10.6. The molecule has 2 atom stereocenters. The van der Waals surface area contributed by atoms with Crippen molar-refractivity contribution < 1.29 is 19.5 Å². The van der Waals surface area contributed by atoms with Crippen LogP contribution in [0, 0.1) is 23.2 Å². The van der Waals surface area contributed by atoms with Gasteiger partial charge in [-0.2, -0.15) is 0 Å². The van der Waals surface area contributed by atoms with Crippen molar-refractivity contribution in [2.45, 2.75) is 66.3 Å². The quantitative estimate of drug-likeness (QED) is 0.491. The predicted molar refractivity (Wildman–Crippen MR) is 129 cm³/mol. The van der Waals surface area contributed by atoms with Gasteiger partial charge in [0, 0.05) is 25.4 Å². The number of hydrogen-bond donors (Lipinski definition) is 1. The lowest BCUT2D eigenvalue weighted by atomic mass is 9.88. The number of rotatable bonds is 6. The highest BCUT2D eigenvalue weighted by Gasteiger charge is 2.37. The molecule has 0 fully saturated rings. The van der Waals surface area contributed by atoms with Crippen LogP contribution in [0.1, 0.15) is 74.9 Å². The molecule has 0 bridgehead atoms. The topological polar surface area (TPSA) is 77.9 Å². The summed E-state index contributed by atoms with van der Waals surface area (Å²) in [6.45, 7) is 9.81. The van der Waals surface area contributed by atoms with Gasteiger partial charge in [0.1, 0.15) is 10.9 Å². The van der Waals surface area contributed by atoms with E-state index >= 15 is 0 Å². The van der Waals surface area contributed by atoms with Crippen LogP contribution in [0.3, 0.4) is 0 Å². The van der Waals surface area contributed by atoms with Gasteiger partial charge in [-0.1, -0.05) is 30.4 Å². The highest BCUT2D eigenvalue weighted by atomic mass is 32.1. The van der Waals surface area contributed by atoms with Gasteiger partial charge in [-0.05, 0) is 59.4 Å². The lowest BCUT2D eigenvalue weighted by Gasteiger charge is -2.35. The number of carboxylic acids is 1. The molecule has 1 aliphatic rings. The molecule has 1 aliphatic carbocycles. The minimum absolute atomic E-state index is 0.0316. The van der Waals surface area contributed by atoms with E-state index in [9.17, 15) is 19.5 Å². The first-order valence-corrected chi connectivity index (χ1v) is 11.8. The smallest absolute Gasteiger partial charge is 0.348 e. The maximum Gasteiger partial charge on any atom is 0.348 e. The van der Waals surface area contributed by atoms with Gasteiger partial charge in [0.25, 0.3) is 0 Å². The average molecular weight is 459 g/mol. The van der Waals surface area contributed by atoms with Crippen LogP contribution in [0.5, 0.6) is 0 Å². The summed E-state index contributed by atoms with van der Waals surface area (Å²) in [5, 5.41) is 9.90. The Bertz CT molecular complexity index is 972. The Hall–Kier alpha value is -2.59. The fourth-order valence-electron chi connectivity index (χ4n) is 3.62. The van der Waals surface area contributed by atoms with Gasteiger partial charge in [-0.25, -0.2) is 4.79 Å². The number of thiophene rings is 1. The Morgan fingerprint density at radius 2 is 1.94 bits per heavy atom. The van der Waals surface area contributed by atoms with Gasteiger partial charge in [-0.3, -0.25) is 14.5 Å². The molecular formula is C25H34N2O4S. The molecule has 0 aliphatic heterocycles. The van der Waals surface area contributed by atoms with Crippen molar-refractivity contribution in [3.8, 4) is 11.8 Å². The fourth-order valence-corrected chi connectivity index (χ4v) is 4.46. The fraction of sp³-hybridized carbons (Fsp3) is 0.560. The molecule has 0 saturated carbocycles. The summed E-state index contributed by atoms with van der Waals surface area (Å²) in [5.74, 6) is 4.33. The lowest BCUT2D eigenvalue weighted by Crippen LogP contribution is -2.51. The van der Waals surface area contributed by atoms with Crippen LogP contribution >= 0.6 is 11.3 Å². The van der Waals surface area contributed by atoms with E-state index < -0.39 is 12.0 Å². The van der Waals surface area contributed by atoms with Crippen LogP contribution in [0.4, 0.5) is 5.69 Å². The van der Waals surface area contributed by atoms with E-state index in [1.54, 1.807) is 20.2 Å². The summed E-state index contributed by atoms with van der Waals surface area (Å²) in [7, 11) is 3.29. The van der Waals surface area contributed by atoms with Crippen molar-refractivity contribution in [1.29, 1.82) is 0 Å². The number of carbonyl (C=O) groups excluding carboxylic acids is 2. The van der Waals surface area contributed by atoms with E-state index in [2.05, 4.69) is 17.9 Å². The van der Waals surface area contributed by atoms with Crippen molar-refractivity contribution in [1.82, 2.24) is 4.90 Å². The zero-order valence-corrected chi connectivity index (χ0v) is 20.9. The third-order valence-electron chi connectivity index (χ3n) is 5.38. The van der Waals surface area contributed by atoms with Crippen molar-refractivity contribution >= 4 is 34.8 Å². The van der Waals surface area contributed by atoms with Crippen molar-refractivity contribution in [3.63, 3.8) is 0 Å². The highest BCUT2D eigenvalue weighted by Crippen LogP contribution is 2.36. The molecule has 32 heavy (non-hydrogen) atoms. The van der Waals surface area contributed by atoms with E-state index in [1.807, 2.05) is 34.6 Å². The van der Waals surface area contributed by atoms with E-state index in [0.717, 1.165) is 17.8 Å². The zero-order chi connectivity index (χ0) is 24.2. The Morgan fingerprint density at radius 1 is 1.28 bits per heavy atom. The van der Waals surface area contributed by atoms with Gasteiger partial charge in [-0.15, -0.1) is 11.3 Å². The number of nitrogens with zero attached hydrogens (tertiary/aromatic N) is 2. The first-order valence-electron chi connectivity index (χ1n) is 11.0. The summed E-state index contributed by atoms with van der Waals surface area (Å²) < 4.78 is 0. The maximum absolute atomic E-state index is 13.7. The Balaban J connectivity index is 2.63. The molecule has 7 heteroatoms. The van der Waals surface area contributed by atoms with Crippen LogP contribution in [-0.4, -0.2) is 47.9 Å². The molecule has 6 nitrogen and oxygen atoms in total. The molecular weight excluding hydrogens is 424 g/mol. The average Bonchev–Trinajstić information content (AvgIpc) is 3.13. The normalized spacial score (nSPS) is 17.0. The summed E-state index contributed by atoms with van der Waals surface area (Å²) in [6.07, 6.45) is 4.54. The summed E-state index contributed by atoms with van der Waals surface area (Å²) in [4.78, 5) is 42.4. The molecule has 0 saturated heterocycles. The van der Waals surface area contributed by atoms with Crippen LogP contribution in [-0.2, 0) is 9.59 Å². The molecule has 0 radical (unpaired) electrons. The number of likely N-dealkylation sites (N-methyl/N-ethyl adjacent to an activating group) is 1. The number of allylic oxidation sites excluding steroid dienone is 2. The van der Waals surface area contributed by atoms with Gasteiger partial charge in [0.2, 0.25) is 11.8 Å². The predicted octanol–water partition coefficient (Wildman–Crippen LogP) is 4.79. The van der Waals surface area contributed by atoms with E-state index in [4.69, 9.17) is 0 Å². The lowest BCUT2D eigenvalue weighted by molar-refractivity contribution is -0.133. The molecule has 1 aromatic rings. The van der Waals surface area contributed by atoms with Gasteiger partial charge < -0.3 is 10.0 Å². The van der Waals surface area contributed by atoms with Crippen LogP contribution in [0.2, 0.25) is 0 Å². The summed E-state index contributed by atoms with van der Waals surface area (Å²) >= 11 is 1.05. The first kappa shape index (κ1) is 25.7. The van der Waals surface area contributed by atoms with E-state index in [0.29, 0.717) is 24.1 Å².